The Morgan fingerprint density at radius 3 is 1.07 bits per heavy atom. The maximum absolute atomic E-state index is 5.92. The Morgan fingerprint density at radius 1 is 0.310 bits per heavy atom. The molecular formula is C52H46N4O2. The molecule has 286 valence electrons. The van der Waals surface area contributed by atoms with Crippen LogP contribution in [-0.4, -0.2) is 52.6 Å². The van der Waals surface area contributed by atoms with E-state index in [-0.39, 0.29) is 0 Å². The van der Waals surface area contributed by atoms with Crippen molar-refractivity contribution in [3.8, 4) is 11.1 Å². The molecule has 6 nitrogen and oxygen atoms in total. The van der Waals surface area contributed by atoms with Gasteiger partial charge in [-0.1, -0.05) is 109 Å². The molecule has 8 aromatic carbocycles. The van der Waals surface area contributed by atoms with Gasteiger partial charge in [-0.2, -0.15) is 0 Å². The molecule has 8 aromatic rings. The van der Waals surface area contributed by atoms with Crippen LogP contribution in [0.2, 0.25) is 0 Å². The molecule has 2 aliphatic heterocycles. The lowest BCUT2D eigenvalue weighted by atomic mass is 9.97. The van der Waals surface area contributed by atoms with Crippen LogP contribution in [0.1, 0.15) is 0 Å². The maximum atomic E-state index is 5.92. The highest BCUT2D eigenvalue weighted by Crippen LogP contribution is 2.46. The monoisotopic (exact) mass is 758 g/mol. The van der Waals surface area contributed by atoms with Crippen molar-refractivity contribution in [2.45, 2.75) is 0 Å². The molecule has 0 spiro atoms. The van der Waals surface area contributed by atoms with E-state index in [4.69, 9.17) is 9.47 Å². The molecular weight excluding hydrogens is 713 g/mol. The lowest BCUT2D eigenvalue weighted by molar-refractivity contribution is 0.122. The zero-order valence-corrected chi connectivity index (χ0v) is 32.6. The van der Waals surface area contributed by atoms with E-state index in [2.05, 4.69) is 202 Å². The molecule has 0 radical (unpaired) electrons. The molecule has 0 amide bonds. The highest BCUT2D eigenvalue weighted by Gasteiger charge is 2.25. The molecule has 58 heavy (non-hydrogen) atoms. The fraction of sp³-hybridized carbons (Fsp3) is 0.154. The quantitative estimate of drug-likeness (QED) is 0.146. The number of hydrogen-bond acceptors (Lipinski definition) is 6. The van der Waals surface area contributed by atoms with Crippen molar-refractivity contribution in [3.63, 3.8) is 0 Å². The number of morpholine rings is 2. The fourth-order valence-electron chi connectivity index (χ4n) is 8.59. The number of para-hydroxylation sites is 2. The molecule has 0 aliphatic carbocycles. The summed E-state index contributed by atoms with van der Waals surface area (Å²) in [5.41, 5.74) is 11.5. The van der Waals surface area contributed by atoms with Gasteiger partial charge in [0.2, 0.25) is 0 Å². The minimum absolute atomic E-state index is 0.698. The van der Waals surface area contributed by atoms with Gasteiger partial charge in [0.05, 0.1) is 26.4 Å². The second-order valence-electron chi connectivity index (χ2n) is 15.0. The normalized spacial score (nSPS) is 14.5. The molecule has 2 heterocycles. The molecule has 0 saturated carbocycles. The van der Waals surface area contributed by atoms with Gasteiger partial charge in [-0.15, -0.1) is 0 Å². The van der Waals surface area contributed by atoms with Gasteiger partial charge in [-0.05, 0) is 94.3 Å². The Balaban J connectivity index is 1.14. The van der Waals surface area contributed by atoms with E-state index in [1.54, 1.807) is 0 Å². The molecule has 0 unspecified atom stereocenters. The minimum Gasteiger partial charge on any atom is -0.378 e. The summed E-state index contributed by atoms with van der Waals surface area (Å²) in [7, 11) is 0. The molecule has 0 atom stereocenters. The van der Waals surface area contributed by atoms with Crippen molar-refractivity contribution < 1.29 is 9.47 Å². The van der Waals surface area contributed by atoms with Gasteiger partial charge in [0.15, 0.2) is 0 Å². The van der Waals surface area contributed by atoms with Gasteiger partial charge >= 0.3 is 0 Å². The van der Waals surface area contributed by atoms with Crippen molar-refractivity contribution in [2.75, 3.05) is 72.2 Å². The van der Waals surface area contributed by atoms with E-state index in [0.717, 1.165) is 60.3 Å². The Labute approximate surface area is 340 Å². The number of ether oxygens (including phenoxy) is 2. The number of nitrogens with zero attached hydrogens (tertiary/aromatic N) is 4. The van der Waals surface area contributed by atoms with Gasteiger partial charge in [-0.3, -0.25) is 0 Å². The summed E-state index contributed by atoms with van der Waals surface area (Å²) in [5.74, 6) is 0. The van der Waals surface area contributed by atoms with Crippen LogP contribution < -0.4 is 19.6 Å². The molecule has 0 N–H and O–H groups in total. The highest BCUT2D eigenvalue weighted by molar-refractivity contribution is 5.95. The van der Waals surface area contributed by atoms with Crippen molar-refractivity contribution in [1.82, 2.24) is 0 Å². The van der Waals surface area contributed by atoms with Crippen molar-refractivity contribution >= 4 is 67.0 Å². The molecule has 2 saturated heterocycles. The summed E-state index contributed by atoms with van der Waals surface area (Å²) >= 11 is 0. The summed E-state index contributed by atoms with van der Waals surface area (Å²) in [4.78, 5) is 9.78. The first-order valence-corrected chi connectivity index (χ1v) is 20.4. The van der Waals surface area contributed by atoms with Gasteiger partial charge in [0.1, 0.15) is 0 Å². The van der Waals surface area contributed by atoms with Crippen molar-refractivity contribution in [2.24, 2.45) is 0 Å². The maximum Gasteiger partial charge on any atom is 0.0642 e. The van der Waals surface area contributed by atoms with Crippen molar-refractivity contribution in [3.05, 3.63) is 182 Å². The number of fused-ring (bicyclic) bond motifs is 2. The predicted molar refractivity (Wildman–Crippen MR) is 242 cm³/mol. The van der Waals surface area contributed by atoms with Gasteiger partial charge in [0.25, 0.3) is 0 Å². The molecule has 6 heteroatoms. The minimum atomic E-state index is 0.698. The Hall–Kier alpha value is -6.60. The van der Waals surface area contributed by atoms with Crippen LogP contribution in [0.25, 0.3) is 32.7 Å². The number of anilines is 8. The Morgan fingerprint density at radius 2 is 0.655 bits per heavy atom. The summed E-state index contributed by atoms with van der Waals surface area (Å²) in [6.07, 6.45) is 0. The second-order valence-corrected chi connectivity index (χ2v) is 15.0. The summed E-state index contributed by atoms with van der Waals surface area (Å²) in [6.45, 7) is 6.10. The summed E-state index contributed by atoms with van der Waals surface area (Å²) in [5, 5.41) is 4.90. The van der Waals surface area contributed by atoms with Crippen LogP contribution in [0, 0.1) is 0 Å². The number of hydrogen-bond donors (Lipinski definition) is 0. The lowest BCUT2D eigenvalue weighted by Gasteiger charge is -2.35. The zero-order chi connectivity index (χ0) is 38.7. The average molecular weight is 759 g/mol. The Kier molecular flexibility index (Phi) is 9.94. The van der Waals surface area contributed by atoms with Gasteiger partial charge in [0, 0.05) is 82.8 Å². The largest absolute Gasteiger partial charge is 0.378 e. The molecule has 2 fully saturated rings. The first kappa shape index (κ1) is 35.8. The van der Waals surface area contributed by atoms with E-state index in [9.17, 15) is 0 Å². The first-order valence-electron chi connectivity index (χ1n) is 20.4. The SMILES string of the molecule is c1ccc(N(c2ccc(-c3ccc(N(c4ccccc4)c4ccc5ccccc5c4)cc3N3CCOCC3)c(N3CCOCC3)c2)c2ccc3ccccc3c2)cc1. The smallest absolute Gasteiger partial charge is 0.0642 e. The van der Waals surface area contributed by atoms with E-state index < -0.39 is 0 Å². The predicted octanol–water partition coefficient (Wildman–Crippen LogP) is 12.3. The van der Waals surface area contributed by atoms with E-state index >= 15 is 0 Å². The lowest BCUT2D eigenvalue weighted by Crippen LogP contribution is -2.37. The topological polar surface area (TPSA) is 31.4 Å². The first-order chi connectivity index (χ1) is 28.8. The molecule has 0 bridgehead atoms. The highest BCUT2D eigenvalue weighted by atomic mass is 16.5. The molecule has 2 aliphatic rings. The third-order valence-electron chi connectivity index (χ3n) is 11.5. The van der Waals surface area contributed by atoms with Crippen LogP contribution in [0.3, 0.4) is 0 Å². The van der Waals surface area contributed by atoms with Gasteiger partial charge < -0.3 is 29.1 Å². The van der Waals surface area contributed by atoms with Crippen LogP contribution in [0.15, 0.2) is 182 Å². The Bertz CT molecular complexity index is 2490. The van der Waals surface area contributed by atoms with Crippen LogP contribution in [0.4, 0.5) is 45.5 Å². The third-order valence-corrected chi connectivity index (χ3v) is 11.5. The number of benzene rings is 8. The van der Waals surface area contributed by atoms with Crippen molar-refractivity contribution in [1.29, 1.82) is 0 Å². The molecule has 10 rings (SSSR count). The summed E-state index contributed by atoms with van der Waals surface area (Å²) in [6, 6.07) is 66.2. The molecule has 0 aromatic heterocycles. The zero-order valence-electron chi connectivity index (χ0n) is 32.6. The average Bonchev–Trinajstić information content (AvgIpc) is 3.30. The van der Waals surface area contributed by atoms with E-state index in [1.807, 2.05) is 0 Å². The fourth-order valence-corrected chi connectivity index (χ4v) is 8.59. The van der Waals surface area contributed by atoms with E-state index in [0.29, 0.717) is 26.4 Å². The third kappa shape index (κ3) is 7.13. The van der Waals surface area contributed by atoms with Gasteiger partial charge in [-0.25, -0.2) is 0 Å². The van der Waals surface area contributed by atoms with E-state index in [1.165, 1.54) is 44.0 Å². The standard InChI is InChI=1S/C52H46N4O2/c1-3-15-43(16-4-1)55(45-21-19-39-11-7-9-13-41(39)35-45)47-23-25-49(51(37-47)53-27-31-57-32-28-53)50-26-24-48(38-52(50)54-29-33-58-34-30-54)56(44-17-5-2-6-18-44)46-22-20-40-12-8-10-14-42(40)36-46/h1-26,35-38H,27-34H2. The van der Waals surface area contributed by atoms with Crippen LogP contribution in [-0.2, 0) is 9.47 Å². The second kappa shape index (κ2) is 16.1. The van der Waals surface area contributed by atoms with Crippen LogP contribution >= 0.6 is 0 Å². The van der Waals surface area contributed by atoms with Crippen LogP contribution in [0.5, 0.6) is 0 Å². The summed E-state index contributed by atoms with van der Waals surface area (Å²) < 4.78 is 11.8. The number of rotatable bonds is 9.